The summed E-state index contributed by atoms with van der Waals surface area (Å²) in [7, 11) is -3.81. The highest BCUT2D eigenvalue weighted by molar-refractivity contribution is 7.86. The maximum atomic E-state index is 12.2. The zero-order valence-electron chi connectivity index (χ0n) is 13.2. The van der Waals surface area contributed by atoms with Gasteiger partial charge in [0.1, 0.15) is 5.52 Å². The molecule has 0 N–H and O–H groups in total. The summed E-state index contributed by atoms with van der Waals surface area (Å²) in [5, 5.41) is 0.371. The average molecular weight is 338 g/mol. The fourth-order valence-corrected chi connectivity index (χ4v) is 2.60. The fourth-order valence-electron chi connectivity index (χ4n) is 2.12. The molecule has 2 aromatic heterocycles. The van der Waals surface area contributed by atoms with Gasteiger partial charge in [-0.2, -0.15) is 8.42 Å². The quantitative estimate of drug-likeness (QED) is 0.565. The second-order valence-electron chi connectivity index (χ2n) is 4.91. The van der Waals surface area contributed by atoms with E-state index in [1.54, 1.807) is 13.0 Å². The van der Waals surface area contributed by atoms with Gasteiger partial charge in [0.25, 0.3) is 0 Å². The topological polar surface area (TPSA) is 95.4 Å². The number of Topliss-reactive ketones (excluding diaryl/α,β-unsaturated/α-hetero) is 1. The predicted octanol–water partition coefficient (Wildman–Crippen LogP) is 2.35. The monoisotopic (exact) mass is 338 g/mol. The van der Waals surface area contributed by atoms with Gasteiger partial charge in [0.2, 0.25) is 5.88 Å². The van der Waals surface area contributed by atoms with Crippen LogP contribution in [0.4, 0.5) is 0 Å². The summed E-state index contributed by atoms with van der Waals surface area (Å²) in [6.45, 7) is 4.04. The molecule has 2 aromatic rings. The van der Waals surface area contributed by atoms with E-state index in [1.165, 1.54) is 12.4 Å². The number of fused-ring (bicyclic) bond motifs is 1. The second-order valence-corrected chi connectivity index (χ2v) is 6.48. The van der Waals surface area contributed by atoms with Crippen molar-refractivity contribution in [2.24, 2.45) is 0 Å². The van der Waals surface area contributed by atoms with Crippen LogP contribution < -0.4 is 8.92 Å². The Bertz CT molecular complexity index is 833. The van der Waals surface area contributed by atoms with Crippen LogP contribution in [0.15, 0.2) is 18.5 Å². The minimum absolute atomic E-state index is 0.0284. The maximum Gasteiger partial charge on any atom is 0.306 e. The molecule has 7 nitrogen and oxygen atoms in total. The Hall–Kier alpha value is -2.22. The highest BCUT2D eigenvalue weighted by Crippen LogP contribution is 2.33. The largest absolute Gasteiger partial charge is 0.476 e. The Morgan fingerprint density at radius 2 is 2.00 bits per heavy atom. The van der Waals surface area contributed by atoms with Crippen LogP contribution in [0.5, 0.6) is 11.6 Å². The minimum Gasteiger partial charge on any atom is -0.476 e. The van der Waals surface area contributed by atoms with Crippen molar-refractivity contribution in [3.63, 3.8) is 0 Å². The molecule has 0 radical (unpaired) electrons. The fraction of sp³-hybridized carbons (Fsp3) is 0.400. The number of aromatic nitrogens is 2. The molecule has 0 atom stereocenters. The third kappa shape index (κ3) is 3.95. The average Bonchev–Trinajstić information content (AvgIpc) is 2.47. The molecular weight excluding hydrogens is 320 g/mol. The van der Waals surface area contributed by atoms with E-state index in [2.05, 4.69) is 9.97 Å². The number of rotatable bonds is 7. The first-order chi connectivity index (χ1) is 10.9. The maximum absolute atomic E-state index is 12.2. The molecule has 2 heterocycles. The van der Waals surface area contributed by atoms with Gasteiger partial charge in [-0.05, 0) is 19.4 Å². The molecule has 23 heavy (non-hydrogen) atoms. The smallest absolute Gasteiger partial charge is 0.306 e. The van der Waals surface area contributed by atoms with Gasteiger partial charge in [-0.1, -0.05) is 6.92 Å². The molecule has 0 bridgehead atoms. The Morgan fingerprint density at radius 1 is 1.26 bits per heavy atom. The molecule has 2 rings (SSSR count). The molecule has 0 aliphatic rings. The van der Waals surface area contributed by atoms with Crippen LogP contribution in [0, 0.1) is 0 Å². The highest BCUT2D eigenvalue weighted by atomic mass is 32.2. The molecule has 124 valence electrons. The Kier molecular flexibility index (Phi) is 5.15. The lowest BCUT2D eigenvalue weighted by atomic mass is 10.1. The number of carbonyl (C=O) groups excluding carboxylic acids is 1. The molecule has 0 spiro atoms. The van der Waals surface area contributed by atoms with Crippen molar-refractivity contribution in [3.05, 3.63) is 24.0 Å². The molecule has 0 unspecified atom stereocenters. The van der Waals surface area contributed by atoms with E-state index in [1.807, 2.05) is 6.92 Å². The van der Waals surface area contributed by atoms with Crippen LogP contribution in [0.25, 0.3) is 10.9 Å². The van der Waals surface area contributed by atoms with E-state index in [9.17, 15) is 13.2 Å². The van der Waals surface area contributed by atoms with Gasteiger partial charge in [-0.15, -0.1) is 0 Å². The standard InChI is InChI=1S/C15H18N2O5S/c1-4-6-12(18)11-9-17-13-10(14(11)22-23(3,19)20)7-8-16-15(13)21-5-2/h7-9H,4-6H2,1-3H3. The molecule has 0 saturated heterocycles. The van der Waals surface area contributed by atoms with Gasteiger partial charge in [0, 0.05) is 18.8 Å². The van der Waals surface area contributed by atoms with E-state index in [0.29, 0.717) is 23.9 Å². The van der Waals surface area contributed by atoms with Crippen LogP contribution in [0.3, 0.4) is 0 Å². The first kappa shape index (κ1) is 17.1. The van der Waals surface area contributed by atoms with E-state index in [4.69, 9.17) is 8.92 Å². The Labute approximate surface area is 134 Å². The van der Waals surface area contributed by atoms with E-state index in [-0.39, 0.29) is 29.4 Å². The van der Waals surface area contributed by atoms with Crippen LogP contribution in [-0.2, 0) is 10.1 Å². The Morgan fingerprint density at radius 3 is 2.61 bits per heavy atom. The van der Waals surface area contributed by atoms with Crippen molar-refractivity contribution in [1.82, 2.24) is 9.97 Å². The molecule has 0 amide bonds. The number of pyridine rings is 2. The molecule has 0 aromatic carbocycles. The minimum atomic E-state index is -3.81. The van der Waals surface area contributed by atoms with Crippen molar-refractivity contribution in [3.8, 4) is 11.6 Å². The van der Waals surface area contributed by atoms with Crippen molar-refractivity contribution >= 4 is 26.8 Å². The number of carbonyl (C=O) groups is 1. The first-order valence-corrected chi connectivity index (χ1v) is 9.02. The highest BCUT2D eigenvalue weighted by Gasteiger charge is 2.21. The van der Waals surface area contributed by atoms with Crippen molar-refractivity contribution < 1.29 is 22.1 Å². The third-order valence-electron chi connectivity index (χ3n) is 3.00. The summed E-state index contributed by atoms with van der Waals surface area (Å²) < 4.78 is 33.6. The molecule has 0 aliphatic carbocycles. The molecular formula is C15H18N2O5S. The van der Waals surface area contributed by atoms with E-state index in [0.717, 1.165) is 6.26 Å². The van der Waals surface area contributed by atoms with Crippen LogP contribution >= 0.6 is 0 Å². The second kappa shape index (κ2) is 6.91. The van der Waals surface area contributed by atoms with Gasteiger partial charge < -0.3 is 8.92 Å². The summed E-state index contributed by atoms with van der Waals surface area (Å²) in [5.41, 5.74) is 0.486. The first-order valence-electron chi connectivity index (χ1n) is 7.20. The SMILES string of the molecule is CCCC(=O)c1cnc2c(OCC)nccc2c1OS(C)(=O)=O. The van der Waals surface area contributed by atoms with Gasteiger partial charge in [0.15, 0.2) is 11.5 Å². The van der Waals surface area contributed by atoms with Crippen LogP contribution in [0.2, 0.25) is 0 Å². The molecule has 0 saturated carbocycles. The molecule has 0 fully saturated rings. The lowest BCUT2D eigenvalue weighted by Crippen LogP contribution is -2.11. The summed E-state index contributed by atoms with van der Waals surface area (Å²) in [5.74, 6) is 0.00691. The van der Waals surface area contributed by atoms with Crippen LogP contribution in [-0.4, -0.2) is 37.0 Å². The lowest BCUT2D eigenvalue weighted by molar-refractivity contribution is 0.0980. The summed E-state index contributed by atoms with van der Waals surface area (Å²) in [4.78, 5) is 20.5. The van der Waals surface area contributed by atoms with Crippen molar-refractivity contribution in [1.29, 1.82) is 0 Å². The van der Waals surface area contributed by atoms with Crippen molar-refractivity contribution in [2.45, 2.75) is 26.7 Å². The number of nitrogens with zero attached hydrogens (tertiary/aromatic N) is 2. The number of ether oxygens (including phenoxy) is 1. The summed E-state index contributed by atoms with van der Waals surface area (Å²) >= 11 is 0. The zero-order valence-corrected chi connectivity index (χ0v) is 14.0. The van der Waals surface area contributed by atoms with Crippen molar-refractivity contribution in [2.75, 3.05) is 12.9 Å². The Balaban J connectivity index is 2.72. The lowest BCUT2D eigenvalue weighted by Gasteiger charge is -2.13. The van der Waals surface area contributed by atoms with Gasteiger partial charge in [-0.3, -0.25) is 4.79 Å². The summed E-state index contributed by atoms with van der Waals surface area (Å²) in [6, 6.07) is 1.55. The predicted molar refractivity (Wildman–Crippen MR) is 85.4 cm³/mol. The van der Waals surface area contributed by atoms with Crippen LogP contribution in [0.1, 0.15) is 37.0 Å². The van der Waals surface area contributed by atoms with Gasteiger partial charge in [-0.25, -0.2) is 9.97 Å². The van der Waals surface area contributed by atoms with E-state index < -0.39 is 10.1 Å². The molecule has 8 heteroatoms. The summed E-state index contributed by atoms with van der Waals surface area (Å²) in [6.07, 6.45) is 4.60. The zero-order chi connectivity index (χ0) is 17.0. The number of ketones is 1. The van der Waals surface area contributed by atoms with E-state index >= 15 is 0 Å². The normalized spacial score (nSPS) is 11.4. The number of hydrogen-bond acceptors (Lipinski definition) is 7. The third-order valence-corrected chi connectivity index (χ3v) is 3.47. The van der Waals surface area contributed by atoms with Gasteiger partial charge in [0.05, 0.1) is 23.8 Å². The number of hydrogen-bond donors (Lipinski definition) is 0. The van der Waals surface area contributed by atoms with Gasteiger partial charge >= 0.3 is 10.1 Å². The molecule has 0 aliphatic heterocycles.